The zero-order valence-corrected chi connectivity index (χ0v) is 12.2. The predicted octanol–water partition coefficient (Wildman–Crippen LogP) is 2.80. The van der Waals surface area contributed by atoms with Crippen molar-refractivity contribution in [1.29, 1.82) is 0 Å². The number of benzene rings is 1. The van der Waals surface area contributed by atoms with Gasteiger partial charge in [0, 0.05) is 16.6 Å². The van der Waals surface area contributed by atoms with E-state index in [0.29, 0.717) is 13.0 Å². The van der Waals surface area contributed by atoms with Gasteiger partial charge in [-0.1, -0.05) is 29.3 Å². The quantitative estimate of drug-likeness (QED) is 0.812. The van der Waals surface area contributed by atoms with Crippen molar-refractivity contribution in [3.63, 3.8) is 0 Å². The number of methoxy groups -OCH3 is 1. The van der Waals surface area contributed by atoms with Crippen molar-refractivity contribution >= 4 is 21.9 Å². The van der Waals surface area contributed by atoms with Crippen LogP contribution in [-0.2, 0) is 11.3 Å². The van der Waals surface area contributed by atoms with Crippen molar-refractivity contribution < 1.29 is 14.6 Å². The van der Waals surface area contributed by atoms with Crippen LogP contribution in [0.2, 0.25) is 0 Å². The molecule has 2 N–H and O–H groups in total. The van der Waals surface area contributed by atoms with Gasteiger partial charge in [-0.2, -0.15) is 0 Å². The first-order valence-corrected chi connectivity index (χ1v) is 6.66. The van der Waals surface area contributed by atoms with E-state index in [1.165, 1.54) is 0 Å². The van der Waals surface area contributed by atoms with Crippen LogP contribution in [-0.4, -0.2) is 24.2 Å². The summed E-state index contributed by atoms with van der Waals surface area (Å²) in [4.78, 5) is 11.0. The lowest BCUT2D eigenvalue weighted by Gasteiger charge is -2.15. The average Bonchev–Trinajstić information content (AvgIpc) is 2.34. The van der Waals surface area contributed by atoms with Gasteiger partial charge in [-0.05, 0) is 24.6 Å². The second-order valence-corrected chi connectivity index (χ2v) is 4.93. The Labute approximate surface area is 115 Å². The van der Waals surface area contributed by atoms with Gasteiger partial charge in [-0.15, -0.1) is 0 Å². The highest BCUT2D eigenvalue weighted by Crippen LogP contribution is 2.22. The molecule has 18 heavy (non-hydrogen) atoms. The zero-order chi connectivity index (χ0) is 13.5. The fraction of sp³-hybridized carbons (Fsp3) is 0.462. The number of halogens is 1. The van der Waals surface area contributed by atoms with Crippen molar-refractivity contribution in [3.8, 4) is 5.75 Å². The van der Waals surface area contributed by atoms with E-state index < -0.39 is 12.0 Å². The predicted molar refractivity (Wildman–Crippen MR) is 73.9 cm³/mol. The van der Waals surface area contributed by atoms with E-state index in [2.05, 4.69) is 21.2 Å². The van der Waals surface area contributed by atoms with Crippen LogP contribution >= 0.6 is 15.9 Å². The molecule has 100 valence electrons. The summed E-state index contributed by atoms with van der Waals surface area (Å²) in [5, 5.41) is 12.1. The Morgan fingerprint density at radius 1 is 1.56 bits per heavy atom. The Kier molecular flexibility index (Phi) is 6.15. The van der Waals surface area contributed by atoms with Crippen LogP contribution < -0.4 is 10.1 Å². The fourth-order valence-electron chi connectivity index (χ4n) is 1.72. The van der Waals surface area contributed by atoms with Crippen LogP contribution in [0.1, 0.15) is 25.3 Å². The van der Waals surface area contributed by atoms with Gasteiger partial charge in [0.15, 0.2) is 0 Å². The molecule has 1 unspecified atom stereocenters. The topological polar surface area (TPSA) is 58.6 Å². The molecule has 1 atom stereocenters. The third-order valence-corrected chi connectivity index (χ3v) is 3.15. The van der Waals surface area contributed by atoms with E-state index in [4.69, 9.17) is 9.84 Å². The second kappa shape index (κ2) is 7.38. The summed E-state index contributed by atoms with van der Waals surface area (Å²) in [5.41, 5.74) is 0.939. The normalized spacial score (nSPS) is 12.2. The lowest BCUT2D eigenvalue weighted by atomic mass is 10.1. The van der Waals surface area contributed by atoms with Crippen molar-refractivity contribution in [2.24, 2.45) is 0 Å². The van der Waals surface area contributed by atoms with E-state index >= 15 is 0 Å². The molecule has 0 amide bonds. The van der Waals surface area contributed by atoms with Crippen LogP contribution in [0, 0.1) is 0 Å². The number of ether oxygens (including phenoxy) is 1. The summed E-state index contributed by atoms with van der Waals surface area (Å²) in [6, 6.07) is 5.16. The van der Waals surface area contributed by atoms with Gasteiger partial charge in [0.1, 0.15) is 11.8 Å². The molecule has 0 aliphatic heterocycles. The molecule has 0 spiro atoms. The smallest absolute Gasteiger partial charge is 0.320 e. The molecule has 0 bridgehead atoms. The third-order valence-electron chi connectivity index (χ3n) is 2.66. The first kappa shape index (κ1) is 15.0. The molecule has 0 heterocycles. The highest BCUT2D eigenvalue weighted by Gasteiger charge is 2.16. The van der Waals surface area contributed by atoms with Gasteiger partial charge in [-0.3, -0.25) is 4.79 Å². The van der Waals surface area contributed by atoms with Crippen molar-refractivity contribution in [2.45, 2.75) is 32.4 Å². The summed E-state index contributed by atoms with van der Waals surface area (Å²) < 4.78 is 6.19. The highest BCUT2D eigenvalue weighted by molar-refractivity contribution is 9.10. The molecule has 0 aliphatic carbocycles. The van der Waals surface area contributed by atoms with Gasteiger partial charge < -0.3 is 15.2 Å². The van der Waals surface area contributed by atoms with Crippen LogP contribution in [0.15, 0.2) is 22.7 Å². The van der Waals surface area contributed by atoms with Gasteiger partial charge in [0.05, 0.1) is 7.11 Å². The Morgan fingerprint density at radius 2 is 2.28 bits per heavy atom. The first-order chi connectivity index (χ1) is 8.58. The number of carbonyl (C=O) groups is 1. The molecular formula is C13H18BrNO3. The maximum atomic E-state index is 11.0. The van der Waals surface area contributed by atoms with Crippen LogP contribution in [0.25, 0.3) is 0 Å². The van der Waals surface area contributed by atoms with Crippen molar-refractivity contribution in [1.82, 2.24) is 5.32 Å². The summed E-state index contributed by atoms with van der Waals surface area (Å²) >= 11 is 3.39. The van der Waals surface area contributed by atoms with E-state index in [0.717, 1.165) is 22.2 Å². The molecule has 0 fully saturated rings. The Hall–Kier alpha value is -1.07. The monoisotopic (exact) mass is 315 g/mol. The van der Waals surface area contributed by atoms with Gasteiger partial charge in [0.2, 0.25) is 0 Å². The van der Waals surface area contributed by atoms with Crippen LogP contribution in [0.3, 0.4) is 0 Å². The fourth-order valence-corrected chi connectivity index (χ4v) is 2.13. The molecular weight excluding hydrogens is 298 g/mol. The number of nitrogens with one attached hydrogen (secondary N) is 1. The number of carboxylic acids is 1. The summed E-state index contributed by atoms with van der Waals surface area (Å²) in [5.74, 6) is -0.0582. The minimum atomic E-state index is -0.814. The summed E-state index contributed by atoms with van der Waals surface area (Å²) in [6.07, 6.45) is 1.45. The maximum Gasteiger partial charge on any atom is 0.320 e. The van der Waals surface area contributed by atoms with E-state index in [9.17, 15) is 4.79 Å². The van der Waals surface area contributed by atoms with E-state index in [-0.39, 0.29) is 0 Å². The number of carboxylic acid groups (broad SMARTS) is 1. The number of aliphatic carboxylic acids is 1. The Bertz CT molecular complexity index is 409. The summed E-state index contributed by atoms with van der Waals surface area (Å²) in [6.45, 7) is 2.44. The lowest BCUT2D eigenvalue weighted by molar-refractivity contribution is -0.139. The molecule has 0 radical (unpaired) electrons. The molecule has 0 saturated heterocycles. The number of rotatable bonds is 7. The zero-order valence-electron chi connectivity index (χ0n) is 10.6. The Balaban J connectivity index is 2.71. The van der Waals surface area contributed by atoms with Crippen molar-refractivity contribution in [2.75, 3.05) is 7.11 Å². The highest BCUT2D eigenvalue weighted by atomic mass is 79.9. The second-order valence-electron chi connectivity index (χ2n) is 4.02. The lowest BCUT2D eigenvalue weighted by Crippen LogP contribution is -2.36. The summed E-state index contributed by atoms with van der Waals surface area (Å²) in [7, 11) is 1.60. The average molecular weight is 316 g/mol. The van der Waals surface area contributed by atoms with Crippen LogP contribution in [0.5, 0.6) is 5.75 Å². The molecule has 0 aromatic heterocycles. The van der Waals surface area contributed by atoms with Crippen LogP contribution in [0.4, 0.5) is 0 Å². The molecule has 4 nitrogen and oxygen atoms in total. The number of hydrogen-bond donors (Lipinski definition) is 2. The number of hydrogen-bond acceptors (Lipinski definition) is 3. The minimum absolute atomic E-state index is 0.472. The van der Waals surface area contributed by atoms with E-state index in [1.807, 2.05) is 25.1 Å². The standard InChI is InChI=1S/C13H18BrNO3/c1-3-4-11(13(16)17)15-8-9-7-10(14)5-6-12(9)18-2/h5-7,11,15H,3-4,8H2,1-2H3,(H,16,17). The van der Waals surface area contributed by atoms with Crippen molar-refractivity contribution in [3.05, 3.63) is 28.2 Å². The Morgan fingerprint density at radius 3 is 2.83 bits per heavy atom. The molecule has 1 aromatic rings. The molecule has 0 saturated carbocycles. The molecule has 1 rings (SSSR count). The molecule has 0 aliphatic rings. The SMILES string of the molecule is CCCC(NCc1cc(Br)ccc1OC)C(=O)O. The minimum Gasteiger partial charge on any atom is -0.496 e. The third kappa shape index (κ3) is 4.31. The van der Waals surface area contributed by atoms with E-state index in [1.54, 1.807) is 7.11 Å². The van der Waals surface area contributed by atoms with Gasteiger partial charge >= 0.3 is 5.97 Å². The molecule has 1 aromatic carbocycles. The largest absolute Gasteiger partial charge is 0.496 e. The molecule has 5 heteroatoms. The van der Waals surface area contributed by atoms with Gasteiger partial charge in [0.25, 0.3) is 0 Å². The first-order valence-electron chi connectivity index (χ1n) is 5.87. The maximum absolute atomic E-state index is 11.0. The van der Waals surface area contributed by atoms with Gasteiger partial charge in [-0.25, -0.2) is 0 Å².